The number of fused-ring (bicyclic) bond motifs is 3. The van der Waals surface area contributed by atoms with Gasteiger partial charge in [-0.1, -0.05) is 11.6 Å². The van der Waals surface area contributed by atoms with Crippen molar-refractivity contribution in [3.05, 3.63) is 34.2 Å². The Kier molecular flexibility index (Phi) is 4.39. The molecule has 0 radical (unpaired) electrons. The van der Waals surface area contributed by atoms with E-state index in [2.05, 4.69) is 29.9 Å². The minimum Gasteiger partial charge on any atom is -0.383 e. The van der Waals surface area contributed by atoms with Gasteiger partial charge in [0.05, 0.1) is 36.9 Å². The van der Waals surface area contributed by atoms with Crippen molar-refractivity contribution >= 4 is 34.3 Å². The van der Waals surface area contributed by atoms with Crippen molar-refractivity contribution < 1.29 is 4.74 Å². The molecule has 10 nitrogen and oxygen atoms in total. The number of rotatable bonds is 5. The van der Waals surface area contributed by atoms with Crippen LogP contribution in [0.5, 0.6) is 0 Å². The number of halogens is 1. The van der Waals surface area contributed by atoms with Gasteiger partial charge in [-0.05, 0) is 6.42 Å². The summed E-state index contributed by atoms with van der Waals surface area (Å²) in [5, 5.41) is 4.34. The standard InChI is InChI=1S/C18H21ClN8O2/c1-24-18(28)14(19)13(6-23-24)26-7-11-5-12(8-26)27(11)17-15-16(20-9-21-17)25(10-22-15)3-4-29-2/h6,9-12H,3-5,7-8H2,1-2H3. The molecule has 11 heteroatoms. The predicted octanol–water partition coefficient (Wildman–Crippen LogP) is 0.687. The van der Waals surface area contributed by atoms with Crippen molar-refractivity contribution in [2.45, 2.75) is 25.0 Å². The van der Waals surface area contributed by atoms with Gasteiger partial charge in [-0.15, -0.1) is 0 Å². The highest BCUT2D eigenvalue weighted by atomic mass is 35.5. The fourth-order valence-corrected chi connectivity index (χ4v) is 4.58. The van der Waals surface area contributed by atoms with Gasteiger partial charge < -0.3 is 19.1 Å². The van der Waals surface area contributed by atoms with Gasteiger partial charge >= 0.3 is 0 Å². The predicted molar refractivity (Wildman–Crippen MR) is 109 cm³/mol. The van der Waals surface area contributed by atoms with Crippen LogP contribution in [0, 0.1) is 0 Å². The maximum Gasteiger partial charge on any atom is 0.287 e. The minimum atomic E-state index is -0.278. The third-order valence-electron chi connectivity index (χ3n) is 5.76. The zero-order valence-electron chi connectivity index (χ0n) is 16.2. The lowest BCUT2D eigenvalue weighted by molar-refractivity contribution is 0.188. The number of nitrogens with zero attached hydrogens (tertiary/aromatic N) is 8. The van der Waals surface area contributed by atoms with E-state index in [-0.39, 0.29) is 22.7 Å². The van der Waals surface area contributed by atoms with Crippen LogP contribution < -0.4 is 15.4 Å². The van der Waals surface area contributed by atoms with Crippen LogP contribution in [0.25, 0.3) is 11.2 Å². The van der Waals surface area contributed by atoms with E-state index < -0.39 is 0 Å². The van der Waals surface area contributed by atoms with Crippen molar-refractivity contribution in [3.63, 3.8) is 0 Å². The van der Waals surface area contributed by atoms with Gasteiger partial charge in [0.2, 0.25) is 0 Å². The Bertz CT molecular complexity index is 1120. The highest BCUT2D eigenvalue weighted by molar-refractivity contribution is 6.33. The summed E-state index contributed by atoms with van der Waals surface area (Å²) in [6, 6.07) is 0.548. The van der Waals surface area contributed by atoms with Gasteiger partial charge in [0.1, 0.15) is 11.3 Å². The molecular formula is C18H21ClN8O2. The molecule has 2 bridgehead atoms. The van der Waals surface area contributed by atoms with Crippen molar-refractivity contribution in [1.29, 1.82) is 0 Å². The second-order valence-electron chi connectivity index (χ2n) is 7.43. The van der Waals surface area contributed by atoms with Crippen LogP contribution in [0.4, 0.5) is 11.5 Å². The summed E-state index contributed by atoms with van der Waals surface area (Å²) in [4.78, 5) is 30.1. The molecule has 3 fully saturated rings. The Morgan fingerprint density at radius 1 is 1.24 bits per heavy atom. The number of imidazole rings is 1. The molecule has 6 rings (SSSR count). The summed E-state index contributed by atoms with van der Waals surface area (Å²) in [6.45, 7) is 2.79. The molecule has 6 heterocycles. The number of anilines is 2. The minimum absolute atomic E-state index is 0.219. The number of aryl methyl sites for hydroxylation is 1. The van der Waals surface area contributed by atoms with Gasteiger partial charge in [0.25, 0.3) is 5.56 Å². The lowest BCUT2D eigenvalue weighted by atomic mass is 9.87. The maximum absolute atomic E-state index is 12.1. The maximum atomic E-state index is 12.1. The number of ether oxygens (including phenoxy) is 1. The van der Waals surface area contributed by atoms with E-state index in [0.717, 1.165) is 36.5 Å². The molecule has 0 amide bonds. The van der Waals surface area contributed by atoms with Gasteiger partial charge in [-0.2, -0.15) is 5.10 Å². The summed E-state index contributed by atoms with van der Waals surface area (Å²) >= 11 is 6.30. The fourth-order valence-electron chi connectivity index (χ4n) is 4.29. The molecule has 0 aliphatic carbocycles. The van der Waals surface area contributed by atoms with E-state index in [1.807, 2.05) is 4.57 Å². The second kappa shape index (κ2) is 6.96. The molecule has 2 unspecified atom stereocenters. The summed E-state index contributed by atoms with van der Waals surface area (Å²) in [6.07, 6.45) is 6.12. The molecule has 3 aromatic heterocycles. The highest BCUT2D eigenvalue weighted by Gasteiger charge is 2.46. The first kappa shape index (κ1) is 18.3. The molecule has 152 valence electrons. The summed E-state index contributed by atoms with van der Waals surface area (Å²) in [5.41, 5.74) is 2.04. The molecule has 3 aromatic rings. The first-order chi connectivity index (χ1) is 14.1. The van der Waals surface area contributed by atoms with Crippen molar-refractivity contribution in [2.75, 3.05) is 36.6 Å². The van der Waals surface area contributed by atoms with Crippen LogP contribution in [0.15, 0.2) is 23.6 Å². The van der Waals surface area contributed by atoms with Crippen LogP contribution in [-0.4, -0.2) is 68.2 Å². The molecule has 0 N–H and O–H groups in total. The Morgan fingerprint density at radius 3 is 2.79 bits per heavy atom. The zero-order chi connectivity index (χ0) is 20.1. The third kappa shape index (κ3) is 2.85. The Morgan fingerprint density at radius 2 is 2.03 bits per heavy atom. The van der Waals surface area contributed by atoms with Gasteiger partial charge in [0.15, 0.2) is 17.0 Å². The van der Waals surface area contributed by atoms with E-state index in [9.17, 15) is 4.79 Å². The SMILES string of the molecule is COCCn1cnc2c(N3C4CC3CN(c3cnn(C)c(=O)c3Cl)C4)ncnc21. The summed E-state index contributed by atoms with van der Waals surface area (Å²) in [5.74, 6) is 0.861. The summed E-state index contributed by atoms with van der Waals surface area (Å²) < 4.78 is 8.40. The van der Waals surface area contributed by atoms with Crippen molar-refractivity contribution in [2.24, 2.45) is 7.05 Å². The molecule has 0 aromatic carbocycles. The van der Waals surface area contributed by atoms with Crippen LogP contribution in [0.3, 0.4) is 0 Å². The molecular weight excluding hydrogens is 396 g/mol. The van der Waals surface area contributed by atoms with E-state index in [1.165, 1.54) is 4.68 Å². The van der Waals surface area contributed by atoms with E-state index in [0.29, 0.717) is 18.8 Å². The number of piperazine rings is 1. The highest BCUT2D eigenvalue weighted by Crippen LogP contribution is 2.40. The van der Waals surface area contributed by atoms with Crippen LogP contribution in [0.1, 0.15) is 6.42 Å². The molecule has 3 saturated heterocycles. The molecule has 3 aliphatic heterocycles. The van der Waals surface area contributed by atoms with Crippen molar-refractivity contribution in [3.8, 4) is 0 Å². The van der Waals surface area contributed by atoms with Crippen molar-refractivity contribution in [1.82, 2.24) is 29.3 Å². The smallest absolute Gasteiger partial charge is 0.287 e. The van der Waals surface area contributed by atoms with E-state index >= 15 is 0 Å². The summed E-state index contributed by atoms with van der Waals surface area (Å²) in [7, 11) is 3.27. The average Bonchev–Trinajstić information content (AvgIpc) is 3.14. The quantitative estimate of drug-likeness (QED) is 0.599. The lowest BCUT2D eigenvalue weighted by Gasteiger charge is -2.57. The number of aromatic nitrogens is 6. The zero-order valence-corrected chi connectivity index (χ0v) is 17.0. The Hall–Kier alpha value is -2.72. The normalized spacial score (nSPS) is 20.9. The number of piperidine rings is 1. The van der Waals surface area contributed by atoms with Crippen LogP contribution >= 0.6 is 11.6 Å². The average molecular weight is 417 g/mol. The van der Waals surface area contributed by atoms with Gasteiger partial charge in [-0.25, -0.2) is 19.6 Å². The topological polar surface area (TPSA) is 94.2 Å². The third-order valence-corrected chi connectivity index (χ3v) is 6.11. The molecule has 2 atom stereocenters. The molecule has 0 saturated carbocycles. The monoisotopic (exact) mass is 416 g/mol. The van der Waals surface area contributed by atoms with Crippen LogP contribution in [0.2, 0.25) is 5.02 Å². The molecule has 29 heavy (non-hydrogen) atoms. The number of hydrogen-bond acceptors (Lipinski definition) is 8. The number of methoxy groups -OCH3 is 1. The van der Waals surface area contributed by atoms with Gasteiger partial charge in [0, 0.05) is 33.8 Å². The Balaban J connectivity index is 1.42. The first-order valence-electron chi connectivity index (χ1n) is 9.48. The molecule has 0 spiro atoms. The second-order valence-corrected chi connectivity index (χ2v) is 7.81. The van der Waals surface area contributed by atoms with Crippen LogP contribution in [-0.2, 0) is 18.3 Å². The fraction of sp³-hybridized carbons (Fsp3) is 0.500. The molecule has 3 aliphatic rings. The first-order valence-corrected chi connectivity index (χ1v) is 9.86. The van der Waals surface area contributed by atoms with E-state index in [1.54, 1.807) is 33.0 Å². The van der Waals surface area contributed by atoms with Gasteiger partial charge in [-0.3, -0.25) is 4.79 Å². The van der Waals surface area contributed by atoms with E-state index in [4.69, 9.17) is 16.3 Å². The largest absolute Gasteiger partial charge is 0.383 e. The lowest BCUT2D eigenvalue weighted by Crippen LogP contribution is -2.69. The Labute approximate surface area is 171 Å². The number of hydrogen-bond donors (Lipinski definition) is 0.